The minimum absolute atomic E-state index is 0.147. The number of nitrogens with zero attached hydrogens (tertiary/aromatic N) is 1. The largest absolute Gasteiger partial charge is 0.314 e. The molecule has 1 heterocycles. The summed E-state index contributed by atoms with van der Waals surface area (Å²) in [6.45, 7) is 8.53. The molecule has 0 aromatic carbocycles. The van der Waals surface area contributed by atoms with Gasteiger partial charge in [0.25, 0.3) is 0 Å². The van der Waals surface area contributed by atoms with Crippen molar-refractivity contribution in [2.24, 2.45) is 0 Å². The first-order valence-electron chi connectivity index (χ1n) is 4.41. The zero-order chi connectivity index (χ0) is 8.81. The standard InChI is InChI=1S/C9H16N2O/c1-2-9(12)3-6-11-7-4-10-5-8-11/h2,10H,1,3-8H2. The summed E-state index contributed by atoms with van der Waals surface area (Å²) in [6, 6.07) is 0. The summed E-state index contributed by atoms with van der Waals surface area (Å²) < 4.78 is 0. The summed E-state index contributed by atoms with van der Waals surface area (Å²) in [7, 11) is 0. The van der Waals surface area contributed by atoms with E-state index in [1.54, 1.807) is 0 Å². The molecule has 0 spiro atoms. The maximum Gasteiger partial charge on any atom is 0.156 e. The third kappa shape index (κ3) is 3.15. The normalized spacial score (nSPS) is 19.0. The molecule has 0 saturated carbocycles. The molecular formula is C9H16N2O. The number of nitrogens with one attached hydrogen (secondary N) is 1. The van der Waals surface area contributed by atoms with Crippen LogP contribution in [-0.2, 0) is 4.79 Å². The molecular weight excluding hydrogens is 152 g/mol. The quantitative estimate of drug-likeness (QED) is 0.601. The average molecular weight is 168 g/mol. The predicted octanol–water partition coefficient (Wildman–Crippen LogP) is 0.0368. The van der Waals surface area contributed by atoms with Crippen molar-refractivity contribution in [3.05, 3.63) is 12.7 Å². The number of carbonyl (C=O) groups excluding carboxylic acids is 1. The average Bonchev–Trinajstić information content (AvgIpc) is 2.16. The zero-order valence-electron chi connectivity index (χ0n) is 7.38. The van der Waals surface area contributed by atoms with E-state index in [0.717, 1.165) is 32.7 Å². The maximum atomic E-state index is 10.9. The molecule has 0 unspecified atom stereocenters. The fourth-order valence-corrected chi connectivity index (χ4v) is 1.31. The molecule has 0 aliphatic carbocycles. The number of ketones is 1. The van der Waals surface area contributed by atoms with Gasteiger partial charge in [-0.2, -0.15) is 0 Å². The van der Waals surface area contributed by atoms with E-state index < -0.39 is 0 Å². The number of hydrogen-bond acceptors (Lipinski definition) is 3. The monoisotopic (exact) mass is 168 g/mol. The van der Waals surface area contributed by atoms with E-state index in [0.29, 0.717) is 6.42 Å². The first-order chi connectivity index (χ1) is 5.83. The highest BCUT2D eigenvalue weighted by molar-refractivity contribution is 5.89. The molecule has 1 aliphatic heterocycles. The lowest BCUT2D eigenvalue weighted by Crippen LogP contribution is -2.44. The minimum atomic E-state index is 0.147. The van der Waals surface area contributed by atoms with Crippen LogP contribution in [0.3, 0.4) is 0 Å². The third-order valence-electron chi connectivity index (χ3n) is 2.11. The number of carbonyl (C=O) groups is 1. The van der Waals surface area contributed by atoms with Crippen molar-refractivity contribution >= 4 is 5.78 Å². The molecule has 3 heteroatoms. The van der Waals surface area contributed by atoms with Crippen molar-refractivity contribution < 1.29 is 4.79 Å². The van der Waals surface area contributed by atoms with Gasteiger partial charge in [-0.05, 0) is 6.08 Å². The van der Waals surface area contributed by atoms with Crippen LogP contribution in [0, 0.1) is 0 Å². The highest BCUT2D eigenvalue weighted by atomic mass is 16.1. The molecule has 3 nitrogen and oxygen atoms in total. The SMILES string of the molecule is C=CC(=O)CCN1CCNCC1. The summed E-state index contributed by atoms with van der Waals surface area (Å²) in [4.78, 5) is 13.2. The molecule has 1 N–H and O–H groups in total. The Bertz CT molecular complexity index is 162. The number of piperazine rings is 1. The van der Waals surface area contributed by atoms with Gasteiger partial charge in [-0.25, -0.2) is 0 Å². The second kappa shape index (κ2) is 5.06. The van der Waals surface area contributed by atoms with Crippen molar-refractivity contribution in [1.82, 2.24) is 10.2 Å². The summed E-state index contributed by atoms with van der Waals surface area (Å²) in [6.07, 6.45) is 2.02. The lowest BCUT2D eigenvalue weighted by atomic mass is 10.2. The van der Waals surface area contributed by atoms with Gasteiger partial charge in [-0.1, -0.05) is 6.58 Å². The van der Waals surface area contributed by atoms with E-state index in [4.69, 9.17) is 0 Å². The molecule has 0 atom stereocenters. The fourth-order valence-electron chi connectivity index (χ4n) is 1.31. The van der Waals surface area contributed by atoms with E-state index in [2.05, 4.69) is 16.8 Å². The summed E-state index contributed by atoms with van der Waals surface area (Å²) >= 11 is 0. The van der Waals surface area contributed by atoms with Gasteiger partial charge >= 0.3 is 0 Å². The molecule has 1 aliphatic rings. The van der Waals surface area contributed by atoms with Gasteiger partial charge in [0.1, 0.15) is 0 Å². The van der Waals surface area contributed by atoms with Crippen LogP contribution >= 0.6 is 0 Å². The van der Waals surface area contributed by atoms with Crippen LogP contribution in [0.2, 0.25) is 0 Å². The van der Waals surface area contributed by atoms with Crippen molar-refractivity contribution in [3.63, 3.8) is 0 Å². The van der Waals surface area contributed by atoms with Gasteiger partial charge in [0.05, 0.1) is 0 Å². The van der Waals surface area contributed by atoms with E-state index in [9.17, 15) is 4.79 Å². The molecule has 68 valence electrons. The molecule has 1 rings (SSSR count). The lowest BCUT2D eigenvalue weighted by Gasteiger charge is -2.26. The molecule has 1 fully saturated rings. The molecule has 0 aromatic rings. The molecule has 0 bridgehead atoms. The summed E-state index contributed by atoms with van der Waals surface area (Å²) in [5.41, 5.74) is 0. The van der Waals surface area contributed by atoms with Crippen LogP contribution < -0.4 is 5.32 Å². The van der Waals surface area contributed by atoms with E-state index in [1.165, 1.54) is 6.08 Å². The van der Waals surface area contributed by atoms with Crippen molar-refractivity contribution in [3.8, 4) is 0 Å². The molecule has 1 saturated heterocycles. The number of rotatable bonds is 4. The van der Waals surface area contributed by atoms with Gasteiger partial charge in [0, 0.05) is 39.1 Å². The van der Waals surface area contributed by atoms with Gasteiger partial charge in [0.15, 0.2) is 5.78 Å². The van der Waals surface area contributed by atoms with Crippen molar-refractivity contribution in [1.29, 1.82) is 0 Å². The van der Waals surface area contributed by atoms with Crippen LogP contribution in [-0.4, -0.2) is 43.4 Å². The Morgan fingerprint density at radius 3 is 2.75 bits per heavy atom. The summed E-state index contributed by atoms with van der Waals surface area (Å²) in [5.74, 6) is 0.147. The maximum absolute atomic E-state index is 10.9. The number of hydrogen-bond donors (Lipinski definition) is 1. The highest BCUT2D eigenvalue weighted by Gasteiger charge is 2.09. The fraction of sp³-hybridized carbons (Fsp3) is 0.667. The topological polar surface area (TPSA) is 32.3 Å². The van der Waals surface area contributed by atoms with Crippen LogP contribution in [0.25, 0.3) is 0 Å². The van der Waals surface area contributed by atoms with E-state index >= 15 is 0 Å². The lowest BCUT2D eigenvalue weighted by molar-refractivity contribution is -0.114. The van der Waals surface area contributed by atoms with Crippen molar-refractivity contribution in [2.75, 3.05) is 32.7 Å². The van der Waals surface area contributed by atoms with Gasteiger partial charge < -0.3 is 10.2 Å². The van der Waals surface area contributed by atoms with Gasteiger partial charge in [-0.3, -0.25) is 4.79 Å². The molecule has 0 amide bonds. The first kappa shape index (κ1) is 9.42. The Balaban J connectivity index is 2.12. The molecule has 12 heavy (non-hydrogen) atoms. The van der Waals surface area contributed by atoms with Crippen LogP contribution in [0.1, 0.15) is 6.42 Å². The predicted molar refractivity (Wildman–Crippen MR) is 49.1 cm³/mol. The van der Waals surface area contributed by atoms with Crippen LogP contribution in [0.5, 0.6) is 0 Å². The van der Waals surface area contributed by atoms with E-state index in [-0.39, 0.29) is 5.78 Å². The molecule has 0 radical (unpaired) electrons. The Morgan fingerprint density at radius 1 is 1.50 bits per heavy atom. The Hall–Kier alpha value is -0.670. The highest BCUT2D eigenvalue weighted by Crippen LogP contribution is 1.95. The summed E-state index contributed by atoms with van der Waals surface area (Å²) in [5, 5.41) is 3.27. The number of allylic oxidation sites excluding steroid dienone is 1. The van der Waals surface area contributed by atoms with E-state index in [1.807, 2.05) is 0 Å². The van der Waals surface area contributed by atoms with Crippen LogP contribution in [0.15, 0.2) is 12.7 Å². The third-order valence-corrected chi connectivity index (χ3v) is 2.11. The Morgan fingerprint density at radius 2 is 2.17 bits per heavy atom. The smallest absolute Gasteiger partial charge is 0.156 e. The Labute approximate surface area is 73.4 Å². The zero-order valence-corrected chi connectivity index (χ0v) is 7.38. The van der Waals surface area contributed by atoms with Gasteiger partial charge in [-0.15, -0.1) is 0 Å². The Kier molecular flexibility index (Phi) is 3.97. The second-order valence-corrected chi connectivity index (χ2v) is 3.01. The van der Waals surface area contributed by atoms with Crippen LogP contribution in [0.4, 0.5) is 0 Å². The second-order valence-electron chi connectivity index (χ2n) is 3.01. The molecule has 0 aromatic heterocycles. The van der Waals surface area contributed by atoms with Crippen molar-refractivity contribution in [2.45, 2.75) is 6.42 Å². The first-order valence-corrected chi connectivity index (χ1v) is 4.41. The van der Waals surface area contributed by atoms with Gasteiger partial charge in [0.2, 0.25) is 0 Å². The minimum Gasteiger partial charge on any atom is -0.314 e.